The van der Waals surface area contributed by atoms with E-state index in [9.17, 15) is 10.2 Å². The zero-order valence-electron chi connectivity index (χ0n) is 16.3. The second-order valence-corrected chi connectivity index (χ2v) is 7.71. The van der Waals surface area contributed by atoms with Crippen LogP contribution in [0, 0.1) is 17.9 Å². The van der Waals surface area contributed by atoms with Gasteiger partial charge in [0.05, 0.1) is 18.0 Å². The van der Waals surface area contributed by atoms with Crippen molar-refractivity contribution in [2.24, 2.45) is 11.8 Å². The standard InChI is InChI=1S/C15H11N2.C9H16O2.Ir/c1-3-7-13(8-4-1)15-16-11-12-17(15)14-9-5-2-6-10-14;10-7-3-1-2-6-4-5-8(11)9(6)7;/h1-7,9-12H;6-11H,1-5H2;/q-1;;. The maximum absolute atomic E-state index is 9.59. The molecule has 4 unspecified atom stereocenters. The zero-order valence-corrected chi connectivity index (χ0v) is 18.7. The molecule has 4 atom stereocenters. The third-order valence-electron chi connectivity index (χ3n) is 5.97. The maximum atomic E-state index is 9.59. The number of aliphatic hydroxyl groups excluding tert-OH is 2. The molecule has 0 aliphatic heterocycles. The molecule has 29 heavy (non-hydrogen) atoms. The van der Waals surface area contributed by atoms with Crippen LogP contribution in [0.4, 0.5) is 0 Å². The van der Waals surface area contributed by atoms with Crippen LogP contribution >= 0.6 is 0 Å². The van der Waals surface area contributed by atoms with E-state index in [2.05, 4.69) is 27.8 Å². The van der Waals surface area contributed by atoms with Crippen LogP contribution < -0.4 is 0 Å². The number of benzene rings is 2. The van der Waals surface area contributed by atoms with E-state index in [4.69, 9.17) is 0 Å². The molecule has 0 saturated heterocycles. The van der Waals surface area contributed by atoms with E-state index < -0.39 is 0 Å². The van der Waals surface area contributed by atoms with Gasteiger partial charge in [-0.25, -0.2) is 0 Å². The van der Waals surface area contributed by atoms with Crippen LogP contribution in [0.15, 0.2) is 67.0 Å². The fourth-order valence-electron chi connectivity index (χ4n) is 4.61. The summed E-state index contributed by atoms with van der Waals surface area (Å²) < 4.78 is 2.06. The summed E-state index contributed by atoms with van der Waals surface area (Å²) in [5.41, 5.74) is 2.11. The molecular formula is C24H27IrN2O2-. The Bertz CT molecular complexity index is 813. The van der Waals surface area contributed by atoms with Crippen LogP contribution in [-0.4, -0.2) is 32.0 Å². The van der Waals surface area contributed by atoms with E-state index in [1.165, 1.54) is 6.42 Å². The smallest absolute Gasteiger partial charge is 0.0602 e. The van der Waals surface area contributed by atoms with Crippen molar-refractivity contribution in [1.29, 1.82) is 0 Å². The third kappa shape index (κ3) is 5.04. The predicted octanol–water partition coefficient (Wildman–Crippen LogP) is 4.26. The van der Waals surface area contributed by atoms with Gasteiger partial charge >= 0.3 is 0 Å². The molecule has 2 aliphatic rings. The topological polar surface area (TPSA) is 58.3 Å². The SMILES string of the molecule is OC1CCCC2CCC(O)C12.[Ir].[c-]1ccccc1-c1nccn1-c1ccccc1. The van der Waals surface area contributed by atoms with Crippen molar-refractivity contribution in [2.75, 3.05) is 0 Å². The van der Waals surface area contributed by atoms with Crippen LogP contribution in [0.2, 0.25) is 0 Å². The second-order valence-electron chi connectivity index (χ2n) is 7.71. The fraction of sp³-hybridized carbons (Fsp3) is 0.375. The molecule has 2 saturated carbocycles. The Balaban J connectivity index is 0.000000174. The molecule has 2 N–H and O–H groups in total. The Labute approximate surface area is 186 Å². The first-order valence-corrected chi connectivity index (χ1v) is 10.2. The van der Waals surface area contributed by atoms with Crippen LogP contribution in [0.1, 0.15) is 32.1 Å². The van der Waals surface area contributed by atoms with E-state index in [0.717, 1.165) is 42.8 Å². The van der Waals surface area contributed by atoms with Crippen molar-refractivity contribution in [3.63, 3.8) is 0 Å². The average molecular weight is 568 g/mol. The Hall–Kier alpha value is -1.78. The van der Waals surface area contributed by atoms with Gasteiger partial charge in [-0.05, 0) is 43.7 Å². The molecule has 5 rings (SSSR count). The van der Waals surface area contributed by atoms with Gasteiger partial charge in [-0.15, -0.1) is 35.9 Å². The van der Waals surface area contributed by atoms with Gasteiger partial charge in [0.25, 0.3) is 0 Å². The minimum Gasteiger partial charge on any atom is -0.393 e. The largest absolute Gasteiger partial charge is 0.393 e. The van der Waals surface area contributed by atoms with Crippen molar-refractivity contribution in [3.8, 4) is 17.1 Å². The molecule has 3 aromatic rings. The normalized spacial score (nSPS) is 25.3. The predicted molar refractivity (Wildman–Crippen MR) is 110 cm³/mol. The molecular weight excluding hydrogens is 540 g/mol. The summed E-state index contributed by atoms with van der Waals surface area (Å²) in [6.07, 6.45) is 8.65. The van der Waals surface area contributed by atoms with Gasteiger partial charge in [0, 0.05) is 44.1 Å². The fourth-order valence-corrected chi connectivity index (χ4v) is 4.61. The molecule has 1 heterocycles. The molecule has 5 heteroatoms. The molecule has 0 amide bonds. The van der Waals surface area contributed by atoms with Crippen LogP contribution in [0.25, 0.3) is 17.1 Å². The Morgan fingerprint density at radius 3 is 2.38 bits per heavy atom. The van der Waals surface area contributed by atoms with Gasteiger partial charge < -0.3 is 14.8 Å². The number of rotatable bonds is 2. The van der Waals surface area contributed by atoms with Crippen molar-refractivity contribution in [1.82, 2.24) is 9.55 Å². The second kappa shape index (κ2) is 10.3. The molecule has 0 bridgehead atoms. The van der Waals surface area contributed by atoms with Crippen molar-refractivity contribution < 1.29 is 30.3 Å². The molecule has 2 fully saturated rings. The van der Waals surface area contributed by atoms with Crippen molar-refractivity contribution >= 4 is 0 Å². The van der Waals surface area contributed by atoms with Crippen LogP contribution in [-0.2, 0) is 20.1 Å². The number of imidazole rings is 1. The van der Waals surface area contributed by atoms with E-state index in [1.807, 2.05) is 54.9 Å². The summed E-state index contributed by atoms with van der Waals surface area (Å²) >= 11 is 0. The Morgan fingerprint density at radius 2 is 1.66 bits per heavy atom. The summed E-state index contributed by atoms with van der Waals surface area (Å²) in [5, 5.41) is 19.1. The number of hydrogen-bond donors (Lipinski definition) is 2. The third-order valence-corrected chi connectivity index (χ3v) is 5.97. The molecule has 4 nitrogen and oxygen atoms in total. The van der Waals surface area contributed by atoms with E-state index in [0.29, 0.717) is 5.92 Å². The number of fused-ring (bicyclic) bond motifs is 1. The summed E-state index contributed by atoms with van der Waals surface area (Å²) in [6, 6.07) is 21.2. The van der Waals surface area contributed by atoms with Gasteiger partial charge in [-0.3, -0.25) is 4.98 Å². The summed E-state index contributed by atoms with van der Waals surface area (Å²) in [4.78, 5) is 4.39. The number of nitrogens with zero attached hydrogens (tertiary/aromatic N) is 2. The minimum absolute atomic E-state index is 0. The first kappa shape index (κ1) is 21.9. The molecule has 2 aliphatic carbocycles. The molecule has 1 radical (unpaired) electrons. The van der Waals surface area contributed by atoms with Gasteiger partial charge in [-0.2, -0.15) is 0 Å². The minimum atomic E-state index is -0.216. The van der Waals surface area contributed by atoms with E-state index in [-0.39, 0.29) is 38.2 Å². The van der Waals surface area contributed by atoms with Crippen molar-refractivity contribution in [2.45, 2.75) is 44.3 Å². The maximum Gasteiger partial charge on any atom is 0.0602 e. The van der Waals surface area contributed by atoms with E-state index in [1.54, 1.807) is 0 Å². The Morgan fingerprint density at radius 1 is 0.897 bits per heavy atom. The molecule has 2 aromatic carbocycles. The van der Waals surface area contributed by atoms with Gasteiger partial charge in [0.2, 0.25) is 0 Å². The summed E-state index contributed by atoms with van der Waals surface area (Å²) in [6.45, 7) is 0. The quantitative estimate of drug-likeness (QED) is 0.456. The first-order valence-electron chi connectivity index (χ1n) is 10.2. The van der Waals surface area contributed by atoms with Gasteiger partial charge in [-0.1, -0.05) is 24.6 Å². The number of hydrogen-bond acceptors (Lipinski definition) is 3. The molecule has 1 aromatic heterocycles. The zero-order chi connectivity index (χ0) is 19.3. The monoisotopic (exact) mass is 568 g/mol. The Kier molecular flexibility index (Phi) is 7.79. The van der Waals surface area contributed by atoms with Crippen LogP contribution in [0.3, 0.4) is 0 Å². The molecule has 0 spiro atoms. The van der Waals surface area contributed by atoms with Crippen LogP contribution in [0.5, 0.6) is 0 Å². The van der Waals surface area contributed by atoms with Gasteiger partial charge in [0.15, 0.2) is 0 Å². The average Bonchev–Trinajstić information content (AvgIpc) is 3.38. The summed E-state index contributed by atoms with van der Waals surface area (Å²) in [7, 11) is 0. The number of para-hydroxylation sites is 1. The first-order chi connectivity index (χ1) is 13.7. The summed E-state index contributed by atoms with van der Waals surface area (Å²) in [5.74, 6) is 1.74. The number of aliphatic hydroxyl groups is 2. The van der Waals surface area contributed by atoms with Crippen molar-refractivity contribution in [3.05, 3.63) is 73.1 Å². The van der Waals surface area contributed by atoms with Gasteiger partial charge in [0.1, 0.15) is 0 Å². The number of aromatic nitrogens is 2. The van der Waals surface area contributed by atoms with E-state index >= 15 is 0 Å². The molecule has 155 valence electrons.